The second-order valence-electron chi connectivity index (χ2n) is 6.04. The van der Waals surface area contributed by atoms with Gasteiger partial charge in [0.1, 0.15) is 13.9 Å². The molecular weight excluding hydrogens is 279 g/mol. The van der Waals surface area contributed by atoms with Crippen molar-refractivity contribution in [3.63, 3.8) is 0 Å². The van der Waals surface area contributed by atoms with E-state index < -0.39 is 11.9 Å². The number of carbonyl (C=O) groups is 3. The van der Waals surface area contributed by atoms with Crippen LogP contribution < -0.4 is 10.8 Å². The monoisotopic (exact) mass is 296 g/mol. The molecule has 0 aromatic heterocycles. The fourth-order valence-corrected chi connectivity index (χ4v) is 3.31. The van der Waals surface area contributed by atoms with Gasteiger partial charge in [-0.25, -0.2) is 0 Å². The van der Waals surface area contributed by atoms with Crippen molar-refractivity contribution in [2.45, 2.75) is 46.2 Å². The lowest BCUT2D eigenvalue weighted by Gasteiger charge is -2.29. The van der Waals surface area contributed by atoms with E-state index in [0.717, 1.165) is 22.3 Å². The van der Waals surface area contributed by atoms with Crippen LogP contribution in [0.2, 0.25) is 0 Å². The van der Waals surface area contributed by atoms with Crippen LogP contribution in [0.1, 0.15) is 45.5 Å². The maximum Gasteiger partial charge on any atom is 0.254 e. The van der Waals surface area contributed by atoms with Gasteiger partial charge in [0.25, 0.3) is 5.91 Å². The standard InChI is InChI=1S/C16H17BN2O3/c1-7-8(2)10-6-19(11-4-5-12(20)18-15(11)21)16(22)13(10)14(17)9(7)3/h11H,4-6H2,1-3H3,(H,18,20,21). The molecule has 1 unspecified atom stereocenters. The van der Waals surface area contributed by atoms with E-state index >= 15 is 0 Å². The predicted molar refractivity (Wildman–Crippen MR) is 82.1 cm³/mol. The Morgan fingerprint density at radius 2 is 1.77 bits per heavy atom. The van der Waals surface area contributed by atoms with Crippen LogP contribution in [-0.4, -0.2) is 36.5 Å². The second kappa shape index (κ2) is 4.97. The van der Waals surface area contributed by atoms with Crippen molar-refractivity contribution in [1.29, 1.82) is 0 Å². The van der Waals surface area contributed by atoms with E-state index in [-0.39, 0.29) is 18.2 Å². The minimum absolute atomic E-state index is 0.215. The van der Waals surface area contributed by atoms with Gasteiger partial charge < -0.3 is 4.90 Å². The number of carbonyl (C=O) groups excluding carboxylic acids is 3. The molecule has 1 fully saturated rings. The Morgan fingerprint density at radius 1 is 1.09 bits per heavy atom. The Bertz CT molecular complexity index is 727. The molecule has 2 aliphatic heterocycles. The van der Waals surface area contributed by atoms with Gasteiger partial charge in [0.2, 0.25) is 11.8 Å². The fourth-order valence-electron chi connectivity index (χ4n) is 3.31. The van der Waals surface area contributed by atoms with Gasteiger partial charge in [0.15, 0.2) is 0 Å². The van der Waals surface area contributed by atoms with E-state index in [9.17, 15) is 14.4 Å². The summed E-state index contributed by atoms with van der Waals surface area (Å²) in [5, 5.41) is 2.30. The second-order valence-corrected chi connectivity index (χ2v) is 6.04. The van der Waals surface area contributed by atoms with Crippen LogP contribution in [0.25, 0.3) is 0 Å². The van der Waals surface area contributed by atoms with Crippen LogP contribution in [0.5, 0.6) is 0 Å². The minimum Gasteiger partial charge on any atom is -0.322 e. The van der Waals surface area contributed by atoms with E-state index in [1.165, 1.54) is 4.90 Å². The normalized spacial score (nSPS) is 21.1. The third-order valence-corrected chi connectivity index (χ3v) is 4.94. The summed E-state index contributed by atoms with van der Waals surface area (Å²) in [5.74, 6) is -0.900. The van der Waals surface area contributed by atoms with Crippen LogP contribution in [0.15, 0.2) is 0 Å². The molecule has 22 heavy (non-hydrogen) atoms. The van der Waals surface area contributed by atoms with Gasteiger partial charge in [-0.15, -0.1) is 0 Å². The van der Waals surface area contributed by atoms with E-state index in [1.54, 1.807) is 0 Å². The fraction of sp³-hybridized carbons (Fsp3) is 0.438. The van der Waals surface area contributed by atoms with Gasteiger partial charge in [0, 0.05) is 18.5 Å². The van der Waals surface area contributed by atoms with Gasteiger partial charge in [-0.05, 0) is 43.9 Å². The van der Waals surface area contributed by atoms with Crippen LogP contribution in [-0.2, 0) is 16.1 Å². The van der Waals surface area contributed by atoms with E-state index in [2.05, 4.69) is 5.32 Å². The number of benzene rings is 1. The molecule has 1 N–H and O–H groups in total. The molecule has 0 aliphatic carbocycles. The molecule has 2 radical (unpaired) electrons. The quantitative estimate of drug-likeness (QED) is 0.593. The third kappa shape index (κ3) is 1.97. The molecule has 2 heterocycles. The summed E-state index contributed by atoms with van der Waals surface area (Å²) in [7, 11) is 6.14. The summed E-state index contributed by atoms with van der Waals surface area (Å²) in [4.78, 5) is 37.6. The molecule has 2 aliphatic rings. The topological polar surface area (TPSA) is 66.5 Å². The molecule has 3 amide bonds. The zero-order chi connectivity index (χ0) is 16.2. The van der Waals surface area contributed by atoms with Gasteiger partial charge >= 0.3 is 0 Å². The average molecular weight is 296 g/mol. The lowest BCUT2D eigenvalue weighted by atomic mass is 9.80. The first-order valence-electron chi connectivity index (χ1n) is 7.35. The number of nitrogens with zero attached hydrogens (tertiary/aromatic N) is 1. The largest absolute Gasteiger partial charge is 0.322 e. The van der Waals surface area contributed by atoms with Crippen LogP contribution in [0, 0.1) is 20.8 Å². The summed E-state index contributed by atoms with van der Waals surface area (Å²) in [6.07, 6.45) is 0.615. The molecule has 1 saturated heterocycles. The first-order valence-corrected chi connectivity index (χ1v) is 7.35. The zero-order valence-corrected chi connectivity index (χ0v) is 12.9. The SMILES string of the molecule is [B]c1c(C)c(C)c(C)c2c1C(=O)N(C1CCC(=O)NC1=O)C2. The van der Waals surface area contributed by atoms with Crippen molar-refractivity contribution in [3.05, 3.63) is 27.8 Å². The number of fused-ring (bicyclic) bond motifs is 1. The average Bonchev–Trinajstić information content (AvgIpc) is 2.81. The predicted octanol–water partition coefficient (Wildman–Crippen LogP) is 0.167. The van der Waals surface area contributed by atoms with Crippen molar-refractivity contribution in [1.82, 2.24) is 10.2 Å². The molecule has 5 nitrogen and oxygen atoms in total. The van der Waals surface area contributed by atoms with Gasteiger partial charge in [-0.1, -0.05) is 11.0 Å². The Balaban J connectivity index is 2.02. The molecule has 112 valence electrons. The highest BCUT2D eigenvalue weighted by molar-refractivity contribution is 6.38. The van der Waals surface area contributed by atoms with Crippen molar-refractivity contribution < 1.29 is 14.4 Å². The van der Waals surface area contributed by atoms with Crippen molar-refractivity contribution in [3.8, 4) is 0 Å². The summed E-state index contributed by atoms with van der Waals surface area (Å²) in [6.45, 7) is 6.24. The van der Waals surface area contributed by atoms with Gasteiger partial charge in [0.05, 0.1) is 0 Å². The number of hydrogen-bond donors (Lipinski definition) is 1. The molecule has 1 atom stereocenters. The summed E-state index contributed by atoms with van der Waals surface area (Å²) < 4.78 is 0. The Morgan fingerprint density at radius 3 is 2.41 bits per heavy atom. The third-order valence-electron chi connectivity index (χ3n) is 4.94. The highest BCUT2D eigenvalue weighted by Gasteiger charge is 2.40. The maximum atomic E-state index is 12.7. The lowest BCUT2D eigenvalue weighted by molar-refractivity contribution is -0.136. The number of amides is 3. The molecule has 1 aromatic carbocycles. The van der Waals surface area contributed by atoms with Crippen molar-refractivity contribution >= 4 is 31.0 Å². The van der Waals surface area contributed by atoms with Crippen LogP contribution in [0.4, 0.5) is 0 Å². The number of rotatable bonds is 1. The van der Waals surface area contributed by atoms with Crippen LogP contribution >= 0.6 is 0 Å². The molecule has 1 aromatic rings. The first-order chi connectivity index (χ1) is 10.3. The minimum atomic E-state index is -0.600. The Hall–Kier alpha value is -2.11. The first kappa shape index (κ1) is 14.8. The van der Waals surface area contributed by atoms with Crippen LogP contribution in [0.3, 0.4) is 0 Å². The molecular formula is C16H17BN2O3. The number of nitrogens with one attached hydrogen (secondary N) is 1. The number of hydrogen-bond acceptors (Lipinski definition) is 3. The van der Waals surface area contributed by atoms with Gasteiger partial charge in [-0.2, -0.15) is 0 Å². The Kier molecular flexibility index (Phi) is 3.35. The number of piperidine rings is 1. The molecule has 0 bridgehead atoms. The number of imide groups is 1. The van der Waals surface area contributed by atoms with Crippen molar-refractivity contribution in [2.24, 2.45) is 0 Å². The summed E-state index contributed by atoms with van der Waals surface area (Å²) in [5.41, 5.74) is 4.95. The Labute approximate surface area is 130 Å². The maximum absolute atomic E-state index is 12.7. The lowest BCUT2D eigenvalue weighted by Crippen LogP contribution is -2.52. The van der Waals surface area contributed by atoms with E-state index in [4.69, 9.17) is 7.85 Å². The van der Waals surface area contributed by atoms with E-state index in [1.807, 2.05) is 20.8 Å². The molecule has 0 saturated carbocycles. The highest BCUT2D eigenvalue weighted by atomic mass is 16.2. The van der Waals surface area contributed by atoms with Gasteiger partial charge in [-0.3, -0.25) is 19.7 Å². The van der Waals surface area contributed by atoms with E-state index in [0.29, 0.717) is 24.0 Å². The molecule has 3 rings (SSSR count). The summed E-state index contributed by atoms with van der Waals surface area (Å²) >= 11 is 0. The zero-order valence-electron chi connectivity index (χ0n) is 12.9. The molecule has 0 spiro atoms. The summed E-state index contributed by atoms with van der Waals surface area (Å²) in [6, 6.07) is -0.600. The molecule has 6 heteroatoms. The van der Waals surface area contributed by atoms with Crippen molar-refractivity contribution in [2.75, 3.05) is 0 Å². The smallest absolute Gasteiger partial charge is 0.254 e. The highest BCUT2D eigenvalue weighted by Crippen LogP contribution is 2.31.